The Morgan fingerprint density at radius 3 is 2.13 bits per heavy atom. The van der Waals surface area contributed by atoms with Gasteiger partial charge in [0.25, 0.3) is 0 Å². The minimum absolute atomic E-state index is 0.0861. The van der Waals surface area contributed by atoms with Crippen molar-refractivity contribution in [2.24, 2.45) is 5.73 Å². The Kier molecular flexibility index (Phi) is 12.4. The van der Waals surface area contributed by atoms with E-state index in [1.807, 2.05) is 19.9 Å². The van der Waals surface area contributed by atoms with E-state index in [0.717, 1.165) is 33.0 Å². The number of phenols is 1. The van der Waals surface area contributed by atoms with Crippen LogP contribution in [0.25, 0.3) is 0 Å². The summed E-state index contributed by atoms with van der Waals surface area (Å²) in [7, 11) is 2.33. The largest absolute Gasteiger partial charge is 0.508 e. The number of hydrogen-bond acceptors (Lipinski definition) is 9. The van der Waals surface area contributed by atoms with Crippen LogP contribution in [0.1, 0.15) is 62.8 Å². The van der Waals surface area contributed by atoms with E-state index < -0.39 is 75.7 Å². The molecular weight excluding hydrogens is 643 g/mol. The Morgan fingerprint density at radius 2 is 1.55 bits per heavy atom. The summed E-state index contributed by atoms with van der Waals surface area (Å²) in [6.07, 6.45) is 0.0861. The lowest BCUT2D eigenvalue weighted by atomic mass is 9.86. The number of nitrogens with two attached hydrogens (primary N) is 1. The van der Waals surface area contributed by atoms with Gasteiger partial charge in [-0.3, -0.25) is 19.2 Å². The minimum atomic E-state index is -1.37. The number of carbonyl (C=O) groups is 5. The highest BCUT2D eigenvalue weighted by Crippen LogP contribution is 2.46. The first-order valence-electron chi connectivity index (χ1n) is 15.2. The smallest absolute Gasteiger partial charge is 0.327 e. The molecule has 0 bridgehead atoms. The number of carboxylic acids is 1. The third kappa shape index (κ3) is 9.64. The highest BCUT2D eigenvalue weighted by molar-refractivity contribution is 8.77. The van der Waals surface area contributed by atoms with E-state index in [1.54, 1.807) is 71.0 Å². The van der Waals surface area contributed by atoms with E-state index in [1.165, 1.54) is 10.8 Å². The fourth-order valence-corrected chi connectivity index (χ4v) is 8.34. The lowest BCUT2D eigenvalue weighted by Crippen LogP contribution is -2.62. The summed E-state index contributed by atoms with van der Waals surface area (Å²) in [6, 6.07) is 7.36. The lowest BCUT2D eigenvalue weighted by molar-refractivity contribution is -0.143. The van der Waals surface area contributed by atoms with Gasteiger partial charge in [0, 0.05) is 17.1 Å². The summed E-state index contributed by atoms with van der Waals surface area (Å²) >= 11 is 0. The summed E-state index contributed by atoms with van der Waals surface area (Å²) in [5, 5.41) is 30.7. The first kappa shape index (κ1) is 37.7. The molecule has 14 heteroatoms. The van der Waals surface area contributed by atoms with Crippen LogP contribution < -0.4 is 27.0 Å². The summed E-state index contributed by atoms with van der Waals surface area (Å²) in [5.74, 6) is -4.26. The maximum Gasteiger partial charge on any atom is 0.327 e. The molecule has 12 nitrogen and oxygen atoms in total. The molecule has 256 valence electrons. The second-order valence-corrected chi connectivity index (χ2v) is 16.4. The summed E-state index contributed by atoms with van der Waals surface area (Å²) < 4.78 is -2.17. The number of carboxylic acid groups (broad SMARTS) is 1. The van der Waals surface area contributed by atoms with Crippen LogP contribution in [0.2, 0.25) is 0 Å². The standard InChI is InChI=1S/C33H45N5O7S2/c1-17-13-21(39)14-18(2)24(17)19(3)25(34)29(42)37-26-30(43)35-16-23(40)36-22(15-20-11-9-8-10-12-20)28(41)38-27(31(44)45)33(6,7)47-46-32(26,4)5/h8-14,19,22,25-27,39H,15-16,34H2,1-7H3,(H,35,43)(H,36,40)(H,37,42)(H,38,41)(H,44,45)/t19-,22+,25+,26?,27+/m1/s1. The normalized spacial score (nSPS) is 23.2. The van der Waals surface area contributed by atoms with Crippen molar-refractivity contribution < 1.29 is 34.2 Å². The van der Waals surface area contributed by atoms with E-state index in [-0.39, 0.29) is 12.2 Å². The molecule has 1 saturated heterocycles. The van der Waals surface area contributed by atoms with E-state index in [2.05, 4.69) is 21.3 Å². The molecule has 3 rings (SSSR count). The van der Waals surface area contributed by atoms with Crippen molar-refractivity contribution in [1.29, 1.82) is 0 Å². The van der Waals surface area contributed by atoms with Gasteiger partial charge in [0.15, 0.2) is 0 Å². The van der Waals surface area contributed by atoms with Gasteiger partial charge in [-0.25, -0.2) is 4.79 Å². The number of amides is 4. The van der Waals surface area contributed by atoms with E-state index in [9.17, 15) is 34.2 Å². The average Bonchev–Trinajstić information content (AvgIpc) is 2.98. The number of aliphatic carboxylic acids is 1. The molecule has 1 aliphatic heterocycles. The van der Waals surface area contributed by atoms with E-state index in [0.29, 0.717) is 0 Å². The third-order valence-corrected chi connectivity index (χ3v) is 12.4. The van der Waals surface area contributed by atoms with E-state index in [4.69, 9.17) is 5.73 Å². The predicted octanol–water partition coefficient (Wildman–Crippen LogP) is 2.29. The Balaban J connectivity index is 1.93. The van der Waals surface area contributed by atoms with Crippen LogP contribution in [-0.2, 0) is 30.4 Å². The van der Waals surface area contributed by atoms with Crippen LogP contribution in [0.3, 0.4) is 0 Å². The molecule has 1 aliphatic rings. The number of rotatable bonds is 7. The Hall–Kier alpha value is -3.75. The number of phenolic OH excluding ortho intramolecular Hbond substituents is 1. The van der Waals surface area contributed by atoms with Crippen LogP contribution in [0.5, 0.6) is 5.75 Å². The first-order chi connectivity index (χ1) is 21.8. The van der Waals surface area contributed by atoms with Crippen molar-refractivity contribution in [2.45, 2.75) is 94.5 Å². The molecule has 0 saturated carbocycles. The average molecular weight is 688 g/mol. The SMILES string of the molecule is Cc1cc(O)cc(C)c1[C@@H](C)[C@H](N)C(=O)NC1C(=O)NCC(=O)N[C@@H](Cc2ccccc2)C(=O)N[C@@H](C(=O)O)C(C)(C)SSC1(C)C. The van der Waals surface area contributed by atoms with Crippen molar-refractivity contribution in [3.63, 3.8) is 0 Å². The van der Waals surface area contributed by atoms with Crippen molar-refractivity contribution in [3.8, 4) is 5.75 Å². The molecule has 1 fully saturated rings. The van der Waals surface area contributed by atoms with Gasteiger partial charge in [-0.2, -0.15) is 0 Å². The minimum Gasteiger partial charge on any atom is -0.508 e. The molecule has 1 unspecified atom stereocenters. The monoisotopic (exact) mass is 687 g/mol. The van der Waals surface area contributed by atoms with Crippen LogP contribution in [0.4, 0.5) is 0 Å². The summed E-state index contributed by atoms with van der Waals surface area (Å²) in [5.41, 5.74) is 9.52. The first-order valence-corrected chi connectivity index (χ1v) is 17.4. The molecule has 2 aromatic carbocycles. The quantitative estimate of drug-likeness (QED) is 0.212. The Bertz CT molecular complexity index is 1480. The van der Waals surface area contributed by atoms with E-state index >= 15 is 0 Å². The van der Waals surface area contributed by atoms with Crippen molar-refractivity contribution in [2.75, 3.05) is 6.54 Å². The molecule has 0 aromatic heterocycles. The molecule has 4 amide bonds. The fraction of sp³-hybridized carbons (Fsp3) is 0.485. The van der Waals surface area contributed by atoms with Gasteiger partial charge < -0.3 is 37.2 Å². The molecule has 0 radical (unpaired) electrons. The lowest BCUT2D eigenvalue weighted by Gasteiger charge is -2.38. The van der Waals surface area contributed by atoms with Gasteiger partial charge in [0.05, 0.1) is 17.3 Å². The second-order valence-electron chi connectivity index (χ2n) is 12.9. The molecule has 5 atom stereocenters. The number of aromatic hydroxyl groups is 1. The maximum absolute atomic E-state index is 13.7. The van der Waals surface area contributed by atoms with Crippen LogP contribution in [0.15, 0.2) is 42.5 Å². The highest BCUT2D eigenvalue weighted by atomic mass is 33.1. The number of benzene rings is 2. The Morgan fingerprint density at radius 1 is 0.979 bits per heavy atom. The van der Waals surface area contributed by atoms with Gasteiger partial charge in [-0.15, -0.1) is 0 Å². The number of aryl methyl sites for hydroxylation is 2. The zero-order chi connectivity index (χ0) is 35.3. The predicted molar refractivity (Wildman–Crippen MR) is 184 cm³/mol. The summed E-state index contributed by atoms with van der Waals surface area (Å²) in [4.78, 5) is 66.3. The Labute approximate surface area is 283 Å². The van der Waals surface area contributed by atoms with Gasteiger partial charge >= 0.3 is 5.97 Å². The number of hydrogen-bond donors (Lipinski definition) is 7. The molecular formula is C33H45N5O7S2. The van der Waals surface area contributed by atoms with Gasteiger partial charge in [-0.05, 0) is 75.9 Å². The van der Waals surface area contributed by atoms with Crippen molar-refractivity contribution in [3.05, 3.63) is 64.7 Å². The van der Waals surface area contributed by atoms with Crippen LogP contribution >= 0.6 is 21.6 Å². The molecule has 47 heavy (non-hydrogen) atoms. The van der Waals surface area contributed by atoms with Gasteiger partial charge in [0.2, 0.25) is 23.6 Å². The van der Waals surface area contributed by atoms with Crippen LogP contribution in [-0.4, -0.2) is 80.0 Å². The molecule has 8 N–H and O–H groups in total. The molecule has 2 aromatic rings. The number of nitrogens with one attached hydrogen (secondary N) is 4. The third-order valence-electron chi connectivity index (χ3n) is 8.18. The summed E-state index contributed by atoms with van der Waals surface area (Å²) in [6.45, 7) is 11.7. The van der Waals surface area contributed by atoms with Gasteiger partial charge in [0.1, 0.15) is 23.9 Å². The molecule has 0 aliphatic carbocycles. The fourth-order valence-electron chi connectivity index (χ4n) is 5.53. The maximum atomic E-state index is 13.7. The number of carbonyl (C=O) groups excluding carboxylic acids is 4. The van der Waals surface area contributed by atoms with Crippen LogP contribution in [0, 0.1) is 13.8 Å². The second kappa shape index (κ2) is 15.4. The van der Waals surface area contributed by atoms with Crippen molar-refractivity contribution >= 4 is 51.2 Å². The zero-order valence-electron chi connectivity index (χ0n) is 27.7. The van der Waals surface area contributed by atoms with Gasteiger partial charge in [-0.1, -0.05) is 58.8 Å². The highest BCUT2D eigenvalue weighted by Gasteiger charge is 2.44. The zero-order valence-corrected chi connectivity index (χ0v) is 29.3. The van der Waals surface area contributed by atoms with Crippen molar-refractivity contribution in [1.82, 2.24) is 21.3 Å². The molecule has 1 heterocycles. The molecule has 0 spiro atoms. The topological polar surface area (TPSA) is 200 Å².